The van der Waals surface area contributed by atoms with E-state index in [1.54, 1.807) is 44.7 Å². The summed E-state index contributed by atoms with van der Waals surface area (Å²) in [5.74, 6) is 1.30. The van der Waals surface area contributed by atoms with Gasteiger partial charge in [0.25, 0.3) is 5.91 Å². The van der Waals surface area contributed by atoms with Gasteiger partial charge in [-0.15, -0.1) is 0 Å². The van der Waals surface area contributed by atoms with Crippen molar-refractivity contribution in [3.63, 3.8) is 0 Å². The highest BCUT2D eigenvalue weighted by atomic mass is 35.5. The van der Waals surface area contributed by atoms with Crippen LogP contribution in [-0.4, -0.2) is 58.9 Å². The van der Waals surface area contributed by atoms with Crippen LogP contribution in [0.4, 0.5) is 11.6 Å². The molecule has 1 atom stereocenters. The lowest BCUT2D eigenvalue weighted by atomic mass is 9.94. The number of ether oxygens (including phenoxy) is 2. The fourth-order valence-electron chi connectivity index (χ4n) is 4.16. The normalized spacial score (nSPS) is 15.1. The Morgan fingerprint density at radius 3 is 2.59 bits per heavy atom. The minimum absolute atomic E-state index is 0.101. The highest BCUT2D eigenvalue weighted by Crippen LogP contribution is 2.31. The molecular weight excluding hydrogens is 496 g/mol. The number of methoxy groups -OCH3 is 1. The third-order valence-corrected chi connectivity index (χ3v) is 6.60. The van der Waals surface area contributed by atoms with Gasteiger partial charge in [0.1, 0.15) is 12.4 Å². The molecule has 2 N–H and O–H groups in total. The Balaban J connectivity index is 1.36. The number of benzene rings is 1. The predicted molar refractivity (Wildman–Crippen MR) is 140 cm³/mol. The minimum atomic E-state index is -0.255. The van der Waals surface area contributed by atoms with Gasteiger partial charge in [-0.2, -0.15) is 0 Å². The Bertz CT molecular complexity index is 1250. The number of halogens is 1. The molecular formula is C26H29ClN6O4. The molecule has 3 heterocycles. The van der Waals surface area contributed by atoms with Crippen molar-refractivity contribution in [2.24, 2.45) is 0 Å². The SMILES string of the molecule is CNC(=O)c1cc(COc2cnc(Nc3ccc([C@H]4CCCN(C(C)=O)C4)nc3)nc2)c(Cl)c(OC)c1. The molecule has 0 unspecified atom stereocenters. The summed E-state index contributed by atoms with van der Waals surface area (Å²) in [6.07, 6.45) is 6.83. The van der Waals surface area contributed by atoms with E-state index < -0.39 is 0 Å². The summed E-state index contributed by atoms with van der Waals surface area (Å²) < 4.78 is 11.1. The van der Waals surface area contributed by atoms with Crippen LogP contribution in [0.3, 0.4) is 0 Å². The second-order valence-corrected chi connectivity index (χ2v) is 9.04. The van der Waals surface area contributed by atoms with Gasteiger partial charge in [0, 0.05) is 49.8 Å². The number of pyridine rings is 1. The molecule has 0 spiro atoms. The van der Waals surface area contributed by atoms with Crippen molar-refractivity contribution < 1.29 is 19.1 Å². The minimum Gasteiger partial charge on any atom is -0.495 e. The van der Waals surface area contributed by atoms with Crippen LogP contribution >= 0.6 is 11.6 Å². The van der Waals surface area contributed by atoms with Crippen molar-refractivity contribution in [3.8, 4) is 11.5 Å². The third kappa shape index (κ3) is 6.45. The number of carbonyl (C=O) groups excluding carboxylic acids is 2. The summed E-state index contributed by atoms with van der Waals surface area (Å²) in [6.45, 7) is 3.22. The maximum absolute atomic E-state index is 12.0. The van der Waals surface area contributed by atoms with E-state index in [1.165, 1.54) is 7.11 Å². The molecule has 10 nitrogen and oxygen atoms in total. The monoisotopic (exact) mass is 524 g/mol. The van der Waals surface area contributed by atoms with Crippen LogP contribution < -0.4 is 20.1 Å². The Labute approximate surface area is 220 Å². The maximum Gasteiger partial charge on any atom is 0.251 e. The number of anilines is 2. The van der Waals surface area contributed by atoms with E-state index in [2.05, 4.69) is 25.6 Å². The highest BCUT2D eigenvalue weighted by Gasteiger charge is 2.23. The first-order chi connectivity index (χ1) is 17.9. The largest absolute Gasteiger partial charge is 0.495 e. The number of hydrogen-bond acceptors (Lipinski definition) is 8. The number of hydrogen-bond donors (Lipinski definition) is 2. The first-order valence-electron chi connectivity index (χ1n) is 11.9. The standard InChI is InChI=1S/C26H29ClN6O4/c1-16(34)33-8-4-5-17(14-33)22-7-6-20(11-29-22)32-26-30-12-21(13-31-26)37-15-19-9-18(25(35)28-2)10-23(36-3)24(19)27/h6-7,9-13,17H,4-5,8,14-15H2,1-3H3,(H,28,35)(H,30,31,32)/t17-/m0/s1. The summed E-state index contributed by atoms with van der Waals surface area (Å²) in [4.78, 5) is 38.8. The van der Waals surface area contributed by atoms with Gasteiger partial charge < -0.3 is 25.0 Å². The number of nitrogens with zero attached hydrogens (tertiary/aromatic N) is 4. The molecule has 2 aromatic heterocycles. The maximum atomic E-state index is 12.0. The van der Waals surface area contributed by atoms with Gasteiger partial charge >= 0.3 is 0 Å². The molecule has 0 aliphatic carbocycles. The molecule has 0 bridgehead atoms. The van der Waals surface area contributed by atoms with Crippen molar-refractivity contribution in [2.45, 2.75) is 32.3 Å². The summed E-state index contributed by atoms with van der Waals surface area (Å²) >= 11 is 6.39. The third-order valence-electron chi connectivity index (χ3n) is 6.17. The van der Waals surface area contributed by atoms with Crippen LogP contribution in [0, 0.1) is 0 Å². The number of rotatable bonds is 8. The molecule has 1 aromatic carbocycles. The number of piperidine rings is 1. The lowest BCUT2D eigenvalue weighted by molar-refractivity contribution is -0.130. The molecule has 1 aliphatic rings. The highest BCUT2D eigenvalue weighted by molar-refractivity contribution is 6.33. The molecule has 1 saturated heterocycles. The van der Waals surface area contributed by atoms with Crippen molar-refractivity contribution >= 4 is 35.1 Å². The van der Waals surface area contributed by atoms with Crippen LogP contribution in [0.15, 0.2) is 42.9 Å². The van der Waals surface area contributed by atoms with Crippen LogP contribution in [0.25, 0.3) is 0 Å². The van der Waals surface area contributed by atoms with E-state index >= 15 is 0 Å². The number of amides is 2. The van der Waals surface area contributed by atoms with Crippen molar-refractivity contribution in [1.82, 2.24) is 25.2 Å². The quantitative estimate of drug-likeness (QED) is 0.455. The van der Waals surface area contributed by atoms with Crippen molar-refractivity contribution in [3.05, 3.63) is 64.7 Å². The molecule has 2 amide bonds. The summed E-state index contributed by atoms with van der Waals surface area (Å²) in [5.41, 5.74) is 2.73. The Morgan fingerprint density at radius 1 is 1.16 bits per heavy atom. The zero-order valence-electron chi connectivity index (χ0n) is 21.0. The van der Waals surface area contributed by atoms with E-state index in [0.29, 0.717) is 40.1 Å². The molecule has 194 valence electrons. The smallest absolute Gasteiger partial charge is 0.251 e. The van der Waals surface area contributed by atoms with Crippen LogP contribution in [0.5, 0.6) is 11.5 Å². The summed E-state index contributed by atoms with van der Waals surface area (Å²) in [5, 5.41) is 6.07. The average Bonchev–Trinajstić information content (AvgIpc) is 2.93. The first-order valence-corrected chi connectivity index (χ1v) is 12.3. The Kier molecular flexibility index (Phi) is 8.39. The van der Waals surface area contributed by atoms with Gasteiger partial charge in [-0.3, -0.25) is 14.6 Å². The predicted octanol–water partition coefficient (Wildman–Crippen LogP) is 3.94. The second-order valence-electron chi connectivity index (χ2n) is 8.66. The zero-order valence-corrected chi connectivity index (χ0v) is 21.7. The van der Waals surface area contributed by atoms with Gasteiger partial charge in [0.2, 0.25) is 11.9 Å². The summed E-state index contributed by atoms with van der Waals surface area (Å²) in [7, 11) is 3.04. The van der Waals surface area contributed by atoms with Crippen molar-refractivity contribution in [2.75, 3.05) is 32.6 Å². The molecule has 1 fully saturated rings. The van der Waals surface area contributed by atoms with Crippen molar-refractivity contribution in [1.29, 1.82) is 0 Å². The second kappa shape index (κ2) is 11.9. The lowest BCUT2D eigenvalue weighted by Gasteiger charge is -2.31. The Hall–Kier alpha value is -3.92. The number of carbonyl (C=O) groups is 2. The molecule has 1 aliphatic heterocycles. The topological polar surface area (TPSA) is 119 Å². The fourth-order valence-corrected chi connectivity index (χ4v) is 4.40. The van der Waals surface area contributed by atoms with E-state index in [9.17, 15) is 9.59 Å². The molecule has 4 rings (SSSR count). The fraction of sp³-hybridized carbons (Fsp3) is 0.346. The van der Waals surface area contributed by atoms with Crippen LogP contribution in [-0.2, 0) is 11.4 Å². The Morgan fingerprint density at radius 2 is 1.95 bits per heavy atom. The van der Waals surface area contributed by atoms with E-state index in [0.717, 1.165) is 30.8 Å². The first kappa shape index (κ1) is 26.2. The van der Waals surface area contributed by atoms with Gasteiger partial charge in [-0.1, -0.05) is 11.6 Å². The summed E-state index contributed by atoms with van der Waals surface area (Å²) in [6, 6.07) is 7.13. The molecule has 3 aromatic rings. The van der Waals surface area contributed by atoms with E-state index in [4.69, 9.17) is 21.1 Å². The lowest BCUT2D eigenvalue weighted by Crippen LogP contribution is -2.37. The van der Waals surface area contributed by atoms with Gasteiger partial charge in [0.05, 0.1) is 36.4 Å². The zero-order chi connectivity index (χ0) is 26.4. The molecule has 0 radical (unpaired) electrons. The molecule has 11 heteroatoms. The van der Waals surface area contributed by atoms with Gasteiger partial charge in [-0.05, 0) is 37.1 Å². The van der Waals surface area contributed by atoms with Gasteiger partial charge in [-0.25, -0.2) is 9.97 Å². The molecule has 0 saturated carbocycles. The number of nitrogens with one attached hydrogen (secondary N) is 2. The number of aromatic nitrogens is 3. The van der Waals surface area contributed by atoms with E-state index in [-0.39, 0.29) is 24.3 Å². The van der Waals surface area contributed by atoms with Crippen LogP contribution in [0.2, 0.25) is 5.02 Å². The number of likely N-dealkylation sites (tertiary alicyclic amines) is 1. The van der Waals surface area contributed by atoms with Gasteiger partial charge in [0.15, 0.2) is 5.75 Å². The molecule has 37 heavy (non-hydrogen) atoms. The average molecular weight is 525 g/mol. The van der Waals surface area contributed by atoms with E-state index in [1.807, 2.05) is 17.0 Å². The van der Waals surface area contributed by atoms with Crippen LogP contribution in [0.1, 0.15) is 47.3 Å².